The monoisotopic (exact) mass is 254 g/mol. The number of hydrogen-bond acceptors (Lipinski definition) is 1. The van der Waals surface area contributed by atoms with Crippen molar-refractivity contribution in [2.75, 3.05) is 0 Å². The molecular weight excluding hydrogens is 232 g/mol. The molecule has 1 heteroatoms. The Morgan fingerprint density at radius 3 is 2.00 bits per heavy atom. The van der Waals surface area contributed by atoms with Crippen molar-refractivity contribution < 1.29 is 5.11 Å². The van der Waals surface area contributed by atoms with Crippen molar-refractivity contribution in [3.8, 4) is 16.9 Å². The van der Waals surface area contributed by atoms with Gasteiger partial charge in [-0.2, -0.15) is 0 Å². The van der Waals surface area contributed by atoms with Crippen molar-refractivity contribution in [2.24, 2.45) is 0 Å². The molecule has 0 heterocycles. The van der Waals surface area contributed by atoms with Crippen LogP contribution in [0.1, 0.15) is 37.5 Å². The van der Waals surface area contributed by atoms with E-state index in [2.05, 4.69) is 51.1 Å². The van der Waals surface area contributed by atoms with E-state index in [9.17, 15) is 5.11 Å². The molecular formula is C18H22O. The van der Waals surface area contributed by atoms with Gasteiger partial charge in [-0.1, -0.05) is 51.1 Å². The lowest BCUT2D eigenvalue weighted by Crippen LogP contribution is -1.95. The molecule has 1 nitrogen and oxygen atoms in total. The molecule has 0 aliphatic carbocycles. The van der Waals surface area contributed by atoms with Gasteiger partial charge in [0.2, 0.25) is 0 Å². The van der Waals surface area contributed by atoms with Crippen LogP contribution in [0.2, 0.25) is 0 Å². The summed E-state index contributed by atoms with van der Waals surface area (Å²) in [6, 6.07) is 12.5. The largest absolute Gasteiger partial charge is 0.508 e. The SMILES string of the molecule is CCc1cc(CC)c(-c2ccccc2CC)cc1O. The fourth-order valence-electron chi connectivity index (χ4n) is 2.60. The van der Waals surface area contributed by atoms with Gasteiger partial charge < -0.3 is 5.11 Å². The van der Waals surface area contributed by atoms with Crippen LogP contribution in [0.25, 0.3) is 11.1 Å². The van der Waals surface area contributed by atoms with E-state index in [1.54, 1.807) is 0 Å². The van der Waals surface area contributed by atoms with Crippen molar-refractivity contribution in [1.29, 1.82) is 0 Å². The normalized spacial score (nSPS) is 10.7. The summed E-state index contributed by atoms with van der Waals surface area (Å²) in [5.74, 6) is 0.417. The summed E-state index contributed by atoms with van der Waals surface area (Å²) in [6.45, 7) is 6.42. The maximum atomic E-state index is 10.1. The number of rotatable bonds is 4. The Hall–Kier alpha value is -1.76. The Bertz CT molecular complexity index is 570. The maximum absolute atomic E-state index is 10.1. The van der Waals surface area contributed by atoms with Gasteiger partial charge in [-0.15, -0.1) is 0 Å². The zero-order valence-electron chi connectivity index (χ0n) is 12.0. The van der Waals surface area contributed by atoms with Gasteiger partial charge in [-0.25, -0.2) is 0 Å². The van der Waals surface area contributed by atoms with E-state index in [1.165, 1.54) is 22.3 Å². The molecule has 100 valence electrons. The zero-order valence-corrected chi connectivity index (χ0v) is 12.0. The molecule has 0 atom stereocenters. The minimum Gasteiger partial charge on any atom is -0.508 e. The van der Waals surface area contributed by atoms with Gasteiger partial charge in [-0.05, 0) is 53.1 Å². The van der Waals surface area contributed by atoms with Crippen molar-refractivity contribution in [1.82, 2.24) is 0 Å². The Morgan fingerprint density at radius 1 is 0.737 bits per heavy atom. The smallest absolute Gasteiger partial charge is 0.119 e. The second-order valence-electron chi connectivity index (χ2n) is 4.86. The summed E-state index contributed by atoms with van der Waals surface area (Å²) < 4.78 is 0. The third kappa shape index (κ3) is 2.65. The van der Waals surface area contributed by atoms with Crippen LogP contribution in [0.15, 0.2) is 36.4 Å². The number of aryl methyl sites for hydroxylation is 3. The molecule has 0 radical (unpaired) electrons. The first-order valence-electron chi connectivity index (χ1n) is 7.14. The second-order valence-corrected chi connectivity index (χ2v) is 4.86. The van der Waals surface area contributed by atoms with Crippen molar-refractivity contribution >= 4 is 0 Å². The van der Waals surface area contributed by atoms with Crippen molar-refractivity contribution in [3.05, 3.63) is 53.1 Å². The van der Waals surface area contributed by atoms with Crippen molar-refractivity contribution in [2.45, 2.75) is 40.0 Å². The van der Waals surface area contributed by atoms with Crippen LogP contribution in [0.5, 0.6) is 5.75 Å². The van der Waals surface area contributed by atoms with Gasteiger partial charge in [0.05, 0.1) is 0 Å². The molecule has 0 amide bonds. The molecule has 0 aromatic heterocycles. The van der Waals surface area contributed by atoms with Gasteiger partial charge in [0.1, 0.15) is 5.75 Å². The highest BCUT2D eigenvalue weighted by Gasteiger charge is 2.11. The number of hydrogen-bond donors (Lipinski definition) is 1. The molecule has 0 aliphatic heterocycles. The molecule has 19 heavy (non-hydrogen) atoms. The van der Waals surface area contributed by atoms with Crippen molar-refractivity contribution in [3.63, 3.8) is 0 Å². The van der Waals surface area contributed by atoms with Gasteiger partial charge >= 0.3 is 0 Å². The molecule has 2 aromatic carbocycles. The summed E-state index contributed by atoms with van der Waals surface area (Å²) in [6.07, 6.45) is 2.87. The number of benzene rings is 2. The summed E-state index contributed by atoms with van der Waals surface area (Å²) >= 11 is 0. The van der Waals surface area contributed by atoms with E-state index in [0.717, 1.165) is 24.8 Å². The fourth-order valence-corrected chi connectivity index (χ4v) is 2.60. The van der Waals surface area contributed by atoms with E-state index >= 15 is 0 Å². The third-order valence-corrected chi connectivity index (χ3v) is 3.75. The number of phenolic OH excluding ortho intramolecular Hbond substituents is 1. The first-order valence-corrected chi connectivity index (χ1v) is 7.14. The van der Waals surface area contributed by atoms with Crippen LogP contribution in [-0.4, -0.2) is 5.11 Å². The van der Waals surface area contributed by atoms with E-state index in [4.69, 9.17) is 0 Å². The average Bonchev–Trinajstić information content (AvgIpc) is 2.46. The Morgan fingerprint density at radius 2 is 1.37 bits per heavy atom. The minimum absolute atomic E-state index is 0.417. The van der Waals surface area contributed by atoms with Gasteiger partial charge in [0.25, 0.3) is 0 Å². The molecule has 2 rings (SSSR count). The van der Waals surface area contributed by atoms with Gasteiger partial charge in [-0.3, -0.25) is 0 Å². The van der Waals surface area contributed by atoms with E-state index < -0.39 is 0 Å². The molecule has 1 N–H and O–H groups in total. The first kappa shape index (κ1) is 13.7. The Kier molecular flexibility index (Phi) is 4.26. The van der Waals surface area contributed by atoms with E-state index in [1.807, 2.05) is 6.07 Å². The molecule has 2 aromatic rings. The predicted molar refractivity (Wildman–Crippen MR) is 81.7 cm³/mol. The zero-order chi connectivity index (χ0) is 13.8. The maximum Gasteiger partial charge on any atom is 0.119 e. The standard InChI is InChI=1S/C18H22O/c1-4-13-9-7-8-10-16(13)17-12-18(19)15(6-3)11-14(17)5-2/h7-12,19H,4-6H2,1-3H3. The van der Waals surface area contributed by atoms with Crippen LogP contribution >= 0.6 is 0 Å². The van der Waals surface area contributed by atoms with Crippen LogP contribution in [0.3, 0.4) is 0 Å². The quantitative estimate of drug-likeness (QED) is 0.835. The lowest BCUT2D eigenvalue weighted by molar-refractivity contribution is 0.469. The number of phenols is 1. The van der Waals surface area contributed by atoms with E-state index in [-0.39, 0.29) is 0 Å². The van der Waals surface area contributed by atoms with Crippen LogP contribution in [0.4, 0.5) is 0 Å². The van der Waals surface area contributed by atoms with Crippen LogP contribution in [-0.2, 0) is 19.3 Å². The highest BCUT2D eigenvalue weighted by molar-refractivity contribution is 5.73. The minimum atomic E-state index is 0.417. The van der Waals surface area contributed by atoms with Crippen LogP contribution in [0, 0.1) is 0 Å². The Labute approximate surface area is 115 Å². The highest BCUT2D eigenvalue weighted by Crippen LogP contribution is 2.33. The molecule has 0 bridgehead atoms. The number of aromatic hydroxyl groups is 1. The molecule has 0 fully saturated rings. The van der Waals surface area contributed by atoms with Gasteiger partial charge in [0, 0.05) is 0 Å². The summed E-state index contributed by atoms with van der Waals surface area (Å²) in [4.78, 5) is 0. The fraction of sp³-hybridized carbons (Fsp3) is 0.333. The lowest BCUT2D eigenvalue weighted by Gasteiger charge is -2.15. The summed E-state index contributed by atoms with van der Waals surface area (Å²) in [7, 11) is 0. The summed E-state index contributed by atoms with van der Waals surface area (Å²) in [5.41, 5.74) is 6.11. The second kappa shape index (κ2) is 5.92. The highest BCUT2D eigenvalue weighted by atomic mass is 16.3. The molecule has 0 saturated heterocycles. The molecule has 0 saturated carbocycles. The van der Waals surface area contributed by atoms with E-state index in [0.29, 0.717) is 5.75 Å². The summed E-state index contributed by atoms with van der Waals surface area (Å²) in [5, 5.41) is 10.1. The van der Waals surface area contributed by atoms with Crippen LogP contribution < -0.4 is 0 Å². The predicted octanol–water partition coefficient (Wildman–Crippen LogP) is 4.75. The van der Waals surface area contributed by atoms with Gasteiger partial charge in [0.15, 0.2) is 0 Å². The Balaban J connectivity index is 2.64. The third-order valence-electron chi connectivity index (χ3n) is 3.75. The first-order chi connectivity index (χ1) is 9.21. The average molecular weight is 254 g/mol. The topological polar surface area (TPSA) is 20.2 Å². The molecule has 0 aliphatic rings. The molecule has 0 unspecified atom stereocenters. The lowest BCUT2D eigenvalue weighted by atomic mass is 9.91. The molecule has 0 spiro atoms.